The van der Waals surface area contributed by atoms with Gasteiger partial charge in [0.15, 0.2) is 0 Å². The van der Waals surface area contributed by atoms with Crippen LogP contribution in [0.25, 0.3) is 0 Å². The van der Waals surface area contributed by atoms with Crippen LogP contribution < -0.4 is 0 Å². The predicted octanol–water partition coefficient (Wildman–Crippen LogP) is 2.97. The average molecular weight is 411 g/mol. The second-order valence-corrected chi connectivity index (χ2v) is 6.90. The Morgan fingerprint density at radius 2 is 1.62 bits per heavy atom. The maximum Gasteiger partial charge on any atom is 0.305 e. The zero-order valence-corrected chi connectivity index (χ0v) is 17.5. The fourth-order valence-corrected chi connectivity index (χ4v) is 2.32. The van der Waals surface area contributed by atoms with E-state index in [1.807, 2.05) is 6.08 Å². The molecule has 0 saturated carbocycles. The second-order valence-electron chi connectivity index (χ2n) is 6.90. The van der Waals surface area contributed by atoms with Crippen molar-refractivity contribution in [2.45, 2.75) is 76.6 Å². The molecule has 0 fully saturated rings. The molecule has 0 spiro atoms. The Kier molecular flexibility index (Phi) is 18.4. The van der Waals surface area contributed by atoms with E-state index in [2.05, 4.69) is 13.0 Å². The van der Waals surface area contributed by atoms with Crippen LogP contribution in [0.5, 0.6) is 0 Å². The van der Waals surface area contributed by atoms with E-state index in [0.717, 1.165) is 6.42 Å². The first-order valence-electron chi connectivity index (χ1n) is 10.5. The minimum atomic E-state index is -1.05. The molecule has 3 atom stereocenters. The molecule has 29 heavy (non-hydrogen) atoms. The summed E-state index contributed by atoms with van der Waals surface area (Å²) in [6, 6.07) is 0. The molecule has 0 heterocycles. The summed E-state index contributed by atoms with van der Waals surface area (Å²) in [7, 11) is 0. The van der Waals surface area contributed by atoms with Gasteiger partial charge in [-0.05, 0) is 32.1 Å². The third-order valence-electron chi connectivity index (χ3n) is 4.05. The highest BCUT2D eigenvalue weighted by Gasteiger charge is 2.08. The number of ether oxygens (including phenoxy) is 1. The lowest BCUT2D eigenvalue weighted by Gasteiger charge is -2.09. The third-order valence-corrected chi connectivity index (χ3v) is 4.05. The first kappa shape index (κ1) is 27.3. The lowest BCUT2D eigenvalue weighted by atomic mass is 10.1. The van der Waals surface area contributed by atoms with Gasteiger partial charge in [0.1, 0.15) is 12.7 Å². The molecule has 0 aromatic heterocycles. The summed E-state index contributed by atoms with van der Waals surface area (Å²) >= 11 is 0. The Balaban J connectivity index is 3.85. The molecule has 0 aliphatic heterocycles. The molecule has 0 aliphatic rings. The van der Waals surface area contributed by atoms with Crippen molar-refractivity contribution < 1.29 is 30.0 Å². The normalized spacial score (nSPS) is 15.6. The monoisotopic (exact) mass is 410 g/mol. The van der Waals surface area contributed by atoms with E-state index in [1.54, 1.807) is 36.5 Å². The number of hydrogen-bond donors (Lipinski definition) is 4. The third kappa shape index (κ3) is 19.4. The van der Waals surface area contributed by atoms with Crippen molar-refractivity contribution in [3.8, 4) is 0 Å². The quantitative estimate of drug-likeness (QED) is 0.127. The highest BCUT2D eigenvalue weighted by atomic mass is 16.5. The van der Waals surface area contributed by atoms with Gasteiger partial charge in [-0.1, -0.05) is 68.4 Å². The van der Waals surface area contributed by atoms with Crippen LogP contribution in [-0.2, 0) is 9.53 Å². The number of aliphatic hydroxyl groups excluding tert-OH is 4. The second kappa shape index (κ2) is 19.6. The standard InChI is InChI=1S/C23H38O6/c1-2-3-4-5-6-9-13-20(25)14-10-7-8-11-15-21(26)16-12-17-23(28)29-19-22(27)18-24/h6-11,14-15,20-22,24-27H,2-5,12-13,16-19H2,1H3/b8-7+,9-6-,14-10+,15-11-/t20-,21-,22+/m1/s1. The summed E-state index contributed by atoms with van der Waals surface area (Å²) in [6.07, 6.45) is 18.6. The Morgan fingerprint density at radius 3 is 2.28 bits per heavy atom. The molecule has 6 nitrogen and oxygen atoms in total. The molecule has 0 radical (unpaired) electrons. The Hall–Kier alpha value is -1.73. The lowest BCUT2D eigenvalue weighted by Crippen LogP contribution is -2.21. The highest BCUT2D eigenvalue weighted by molar-refractivity contribution is 5.69. The van der Waals surface area contributed by atoms with E-state index in [4.69, 9.17) is 14.9 Å². The zero-order chi connectivity index (χ0) is 21.7. The van der Waals surface area contributed by atoms with Gasteiger partial charge in [0.2, 0.25) is 0 Å². The lowest BCUT2D eigenvalue weighted by molar-refractivity contribution is -0.147. The summed E-state index contributed by atoms with van der Waals surface area (Å²) in [5.74, 6) is -0.465. The number of rotatable bonds is 17. The van der Waals surface area contributed by atoms with Crippen molar-refractivity contribution in [2.75, 3.05) is 13.2 Å². The largest absolute Gasteiger partial charge is 0.463 e. The first-order valence-corrected chi connectivity index (χ1v) is 10.5. The summed E-state index contributed by atoms with van der Waals surface area (Å²) in [5, 5.41) is 37.4. The topological polar surface area (TPSA) is 107 Å². The Bertz CT molecular complexity index is 509. The van der Waals surface area contributed by atoms with Crippen LogP contribution in [0, 0.1) is 0 Å². The molecule has 0 bridgehead atoms. The molecular weight excluding hydrogens is 372 g/mol. The van der Waals surface area contributed by atoms with Crippen LogP contribution in [-0.4, -0.2) is 57.9 Å². The van der Waals surface area contributed by atoms with E-state index in [9.17, 15) is 15.0 Å². The number of carbonyl (C=O) groups excluding carboxylic acids is 1. The summed E-state index contributed by atoms with van der Waals surface area (Å²) < 4.78 is 4.78. The van der Waals surface area contributed by atoms with Crippen molar-refractivity contribution in [3.63, 3.8) is 0 Å². The van der Waals surface area contributed by atoms with E-state index in [0.29, 0.717) is 19.3 Å². The number of aliphatic hydroxyl groups is 4. The molecule has 0 amide bonds. The smallest absolute Gasteiger partial charge is 0.305 e. The minimum Gasteiger partial charge on any atom is -0.463 e. The fourth-order valence-electron chi connectivity index (χ4n) is 2.32. The Labute approximate surface area is 174 Å². The van der Waals surface area contributed by atoms with Gasteiger partial charge in [-0.2, -0.15) is 0 Å². The van der Waals surface area contributed by atoms with Crippen LogP contribution in [0.2, 0.25) is 0 Å². The van der Waals surface area contributed by atoms with Gasteiger partial charge in [-0.15, -0.1) is 0 Å². The number of unbranched alkanes of at least 4 members (excludes halogenated alkanes) is 3. The van der Waals surface area contributed by atoms with E-state index >= 15 is 0 Å². The molecular formula is C23H38O6. The molecule has 0 saturated heterocycles. The van der Waals surface area contributed by atoms with E-state index in [1.165, 1.54) is 19.3 Å². The van der Waals surface area contributed by atoms with Crippen LogP contribution in [0.4, 0.5) is 0 Å². The number of carbonyl (C=O) groups is 1. The van der Waals surface area contributed by atoms with Gasteiger partial charge in [-0.25, -0.2) is 0 Å². The molecule has 0 unspecified atom stereocenters. The van der Waals surface area contributed by atoms with Crippen molar-refractivity contribution in [3.05, 3.63) is 48.6 Å². The average Bonchev–Trinajstić information content (AvgIpc) is 2.71. The van der Waals surface area contributed by atoms with Crippen LogP contribution >= 0.6 is 0 Å². The first-order chi connectivity index (χ1) is 14.0. The van der Waals surface area contributed by atoms with Gasteiger partial charge in [0.25, 0.3) is 0 Å². The van der Waals surface area contributed by atoms with Crippen molar-refractivity contribution in [1.82, 2.24) is 0 Å². The Morgan fingerprint density at radius 1 is 0.931 bits per heavy atom. The molecule has 6 heteroatoms. The summed E-state index contributed by atoms with van der Waals surface area (Å²) in [4.78, 5) is 11.4. The molecule has 4 N–H and O–H groups in total. The highest BCUT2D eigenvalue weighted by Crippen LogP contribution is 2.05. The van der Waals surface area contributed by atoms with Gasteiger partial charge < -0.3 is 25.2 Å². The van der Waals surface area contributed by atoms with Crippen molar-refractivity contribution >= 4 is 5.97 Å². The summed E-state index contributed by atoms with van der Waals surface area (Å²) in [6.45, 7) is 1.51. The van der Waals surface area contributed by atoms with E-state index < -0.39 is 30.9 Å². The van der Waals surface area contributed by atoms with Crippen LogP contribution in [0.1, 0.15) is 58.3 Å². The number of esters is 1. The van der Waals surface area contributed by atoms with E-state index in [-0.39, 0.29) is 13.0 Å². The molecule has 166 valence electrons. The maximum absolute atomic E-state index is 11.4. The fraction of sp³-hybridized carbons (Fsp3) is 0.609. The zero-order valence-electron chi connectivity index (χ0n) is 17.5. The minimum absolute atomic E-state index is 0.145. The van der Waals surface area contributed by atoms with Crippen molar-refractivity contribution in [2.24, 2.45) is 0 Å². The molecule has 0 aromatic carbocycles. The van der Waals surface area contributed by atoms with Gasteiger partial charge >= 0.3 is 5.97 Å². The van der Waals surface area contributed by atoms with Crippen LogP contribution in [0.3, 0.4) is 0 Å². The molecule has 0 aromatic rings. The number of hydrogen-bond acceptors (Lipinski definition) is 6. The molecule has 0 aliphatic carbocycles. The van der Waals surface area contributed by atoms with Gasteiger partial charge in [0.05, 0.1) is 18.8 Å². The number of allylic oxidation sites excluding steroid dienone is 5. The maximum atomic E-state index is 11.4. The van der Waals surface area contributed by atoms with Gasteiger partial charge in [-0.3, -0.25) is 4.79 Å². The SMILES string of the molecule is CCCCC/C=C\C[C@@H](O)/C=C/C=C/C=C\[C@@H](O)CCCC(=O)OC[C@@H](O)CO. The van der Waals surface area contributed by atoms with Crippen LogP contribution in [0.15, 0.2) is 48.6 Å². The summed E-state index contributed by atoms with van der Waals surface area (Å²) in [5.41, 5.74) is 0. The van der Waals surface area contributed by atoms with Crippen molar-refractivity contribution in [1.29, 1.82) is 0 Å². The van der Waals surface area contributed by atoms with Gasteiger partial charge in [0, 0.05) is 6.42 Å². The predicted molar refractivity (Wildman–Crippen MR) is 115 cm³/mol. The molecule has 0 rings (SSSR count).